The SMILES string of the molecule is CCC(=O)c1cc(Cl)c(F)c(Br)c1. The maximum Gasteiger partial charge on any atom is 0.162 e. The van der Waals surface area contributed by atoms with Crippen LogP contribution in [0.3, 0.4) is 0 Å². The number of ketones is 1. The van der Waals surface area contributed by atoms with Crippen LogP contribution in [-0.2, 0) is 0 Å². The molecule has 0 heterocycles. The second kappa shape index (κ2) is 4.20. The fourth-order valence-corrected chi connectivity index (χ4v) is 1.71. The summed E-state index contributed by atoms with van der Waals surface area (Å²) in [6.45, 7) is 1.74. The summed E-state index contributed by atoms with van der Waals surface area (Å²) in [5.41, 5.74) is 0.431. The topological polar surface area (TPSA) is 17.1 Å². The average Bonchev–Trinajstić information content (AvgIpc) is 2.12. The van der Waals surface area contributed by atoms with E-state index < -0.39 is 5.82 Å². The van der Waals surface area contributed by atoms with Crippen molar-refractivity contribution in [1.29, 1.82) is 0 Å². The summed E-state index contributed by atoms with van der Waals surface area (Å²) in [7, 11) is 0. The summed E-state index contributed by atoms with van der Waals surface area (Å²) in [4.78, 5) is 11.2. The molecular weight excluding hydrogens is 258 g/mol. The van der Waals surface area contributed by atoms with E-state index in [0.29, 0.717) is 12.0 Å². The maximum atomic E-state index is 13.0. The van der Waals surface area contributed by atoms with Crippen molar-refractivity contribution in [2.75, 3.05) is 0 Å². The molecule has 1 nitrogen and oxygen atoms in total. The standard InChI is InChI=1S/C9H7BrClFO/c1-2-8(13)5-3-6(10)9(12)7(11)4-5/h3-4H,2H2,1H3. The number of carbonyl (C=O) groups excluding carboxylic acids is 1. The van der Waals surface area contributed by atoms with Crippen molar-refractivity contribution >= 4 is 33.3 Å². The highest BCUT2D eigenvalue weighted by Gasteiger charge is 2.10. The van der Waals surface area contributed by atoms with Gasteiger partial charge in [-0.15, -0.1) is 0 Å². The normalized spacial score (nSPS) is 10.2. The molecule has 1 aromatic carbocycles. The minimum absolute atomic E-state index is 0.0359. The molecule has 4 heteroatoms. The number of halogens is 3. The van der Waals surface area contributed by atoms with Gasteiger partial charge in [-0.3, -0.25) is 4.79 Å². The van der Waals surface area contributed by atoms with Gasteiger partial charge in [0.25, 0.3) is 0 Å². The Kier molecular flexibility index (Phi) is 3.45. The fraction of sp³-hybridized carbons (Fsp3) is 0.222. The molecule has 70 valence electrons. The lowest BCUT2D eigenvalue weighted by Crippen LogP contribution is -1.97. The van der Waals surface area contributed by atoms with E-state index in [0.717, 1.165) is 0 Å². The van der Waals surface area contributed by atoms with Gasteiger partial charge in [-0.2, -0.15) is 0 Å². The van der Waals surface area contributed by atoms with Crippen LogP contribution in [0.2, 0.25) is 5.02 Å². The van der Waals surface area contributed by atoms with Gasteiger partial charge in [0.1, 0.15) is 0 Å². The molecule has 0 N–H and O–H groups in total. The minimum Gasteiger partial charge on any atom is -0.294 e. The molecule has 0 saturated carbocycles. The van der Waals surface area contributed by atoms with Crippen LogP contribution in [0.25, 0.3) is 0 Å². The van der Waals surface area contributed by atoms with Crippen molar-refractivity contribution in [2.24, 2.45) is 0 Å². The van der Waals surface area contributed by atoms with E-state index in [1.807, 2.05) is 0 Å². The van der Waals surface area contributed by atoms with Crippen LogP contribution in [0.5, 0.6) is 0 Å². The summed E-state index contributed by atoms with van der Waals surface area (Å²) in [5, 5.41) is -0.0359. The first-order valence-corrected chi connectivity index (χ1v) is 4.91. The van der Waals surface area contributed by atoms with E-state index in [2.05, 4.69) is 15.9 Å². The van der Waals surface area contributed by atoms with Gasteiger partial charge in [-0.05, 0) is 28.1 Å². The summed E-state index contributed by atoms with van der Waals surface area (Å²) in [5.74, 6) is -0.586. The molecule has 0 aliphatic carbocycles. The van der Waals surface area contributed by atoms with Gasteiger partial charge in [-0.1, -0.05) is 18.5 Å². The molecule has 0 spiro atoms. The van der Waals surface area contributed by atoms with Gasteiger partial charge < -0.3 is 0 Å². The van der Waals surface area contributed by atoms with Crippen LogP contribution >= 0.6 is 27.5 Å². The van der Waals surface area contributed by atoms with Gasteiger partial charge in [0.05, 0.1) is 9.50 Å². The molecule has 0 amide bonds. The van der Waals surface area contributed by atoms with Gasteiger partial charge in [0, 0.05) is 12.0 Å². The Labute approximate surface area is 89.0 Å². The number of benzene rings is 1. The highest BCUT2D eigenvalue weighted by Crippen LogP contribution is 2.25. The third kappa shape index (κ3) is 2.29. The molecule has 1 rings (SSSR count). The summed E-state index contributed by atoms with van der Waals surface area (Å²) in [6.07, 6.45) is 0.383. The Balaban J connectivity index is 3.20. The van der Waals surface area contributed by atoms with Gasteiger partial charge in [0.2, 0.25) is 0 Å². The Hall–Kier alpha value is -0.410. The Morgan fingerprint density at radius 2 is 2.23 bits per heavy atom. The van der Waals surface area contributed by atoms with Crippen LogP contribution in [0.1, 0.15) is 23.7 Å². The Bertz CT molecular complexity index is 328. The van der Waals surface area contributed by atoms with Crippen molar-refractivity contribution in [3.63, 3.8) is 0 Å². The zero-order valence-electron chi connectivity index (χ0n) is 6.90. The molecule has 13 heavy (non-hydrogen) atoms. The van der Waals surface area contributed by atoms with Gasteiger partial charge in [-0.25, -0.2) is 4.39 Å². The van der Waals surface area contributed by atoms with Crippen molar-refractivity contribution in [2.45, 2.75) is 13.3 Å². The first-order valence-electron chi connectivity index (χ1n) is 3.74. The second-order valence-corrected chi connectivity index (χ2v) is 3.79. The molecule has 1 aromatic rings. The van der Waals surface area contributed by atoms with Crippen LogP contribution < -0.4 is 0 Å². The largest absolute Gasteiger partial charge is 0.294 e. The molecule has 0 fully saturated rings. The third-order valence-electron chi connectivity index (χ3n) is 1.63. The van der Waals surface area contributed by atoms with E-state index in [9.17, 15) is 9.18 Å². The summed E-state index contributed by atoms with van der Waals surface area (Å²) in [6, 6.07) is 2.78. The lowest BCUT2D eigenvalue weighted by atomic mass is 10.1. The van der Waals surface area contributed by atoms with Gasteiger partial charge in [0.15, 0.2) is 11.6 Å². The zero-order valence-corrected chi connectivity index (χ0v) is 9.25. The first kappa shape index (κ1) is 10.7. The predicted molar refractivity (Wildman–Crippen MR) is 53.7 cm³/mol. The monoisotopic (exact) mass is 264 g/mol. The number of Topliss-reactive ketones (excluding diaryl/α,β-unsaturated/α-hetero) is 1. The molecule has 0 saturated heterocycles. The number of rotatable bonds is 2. The van der Waals surface area contributed by atoms with E-state index >= 15 is 0 Å². The van der Waals surface area contributed by atoms with Crippen LogP contribution in [0, 0.1) is 5.82 Å². The van der Waals surface area contributed by atoms with Crippen LogP contribution in [0.15, 0.2) is 16.6 Å². The molecule has 0 radical (unpaired) electrons. The van der Waals surface area contributed by atoms with Crippen molar-refractivity contribution in [3.8, 4) is 0 Å². The smallest absolute Gasteiger partial charge is 0.162 e. The van der Waals surface area contributed by atoms with Crippen molar-refractivity contribution in [1.82, 2.24) is 0 Å². The lowest BCUT2D eigenvalue weighted by Gasteiger charge is -2.01. The molecule has 0 bridgehead atoms. The van der Waals surface area contributed by atoms with Crippen molar-refractivity contribution in [3.05, 3.63) is 33.0 Å². The summed E-state index contributed by atoms with van der Waals surface area (Å²) >= 11 is 8.55. The van der Waals surface area contributed by atoms with Crippen LogP contribution in [-0.4, -0.2) is 5.78 Å². The fourth-order valence-electron chi connectivity index (χ4n) is 0.921. The van der Waals surface area contributed by atoms with Crippen molar-refractivity contribution < 1.29 is 9.18 Å². The quantitative estimate of drug-likeness (QED) is 0.586. The molecule has 0 aliphatic rings. The number of carbonyl (C=O) groups is 1. The molecule has 0 aliphatic heterocycles. The maximum absolute atomic E-state index is 13.0. The van der Waals surface area contributed by atoms with E-state index in [4.69, 9.17) is 11.6 Å². The van der Waals surface area contributed by atoms with E-state index in [1.165, 1.54) is 12.1 Å². The van der Waals surface area contributed by atoms with E-state index in [1.54, 1.807) is 6.92 Å². The zero-order chi connectivity index (χ0) is 10.0. The summed E-state index contributed by atoms with van der Waals surface area (Å²) < 4.78 is 13.2. The minimum atomic E-state index is -0.533. The molecule has 0 atom stereocenters. The number of hydrogen-bond donors (Lipinski definition) is 0. The van der Waals surface area contributed by atoms with Crippen LogP contribution in [0.4, 0.5) is 4.39 Å². The first-order chi connectivity index (χ1) is 6.06. The van der Waals surface area contributed by atoms with E-state index in [-0.39, 0.29) is 15.3 Å². The highest BCUT2D eigenvalue weighted by atomic mass is 79.9. The Morgan fingerprint density at radius 3 is 2.69 bits per heavy atom. The Morgan fingerprint density at radius 1 is 1.62 bits per heavy atom. The molecule has 0 aromatic heterocycles. The molecular formula is C9H7BrClFO. The number of hydrogen-bond acceptors (Lipinski definition) is 1. The second-order valence-electron chi connectivity index (χ2n) is 2.53. The van der Waals surface area contributed by atoms with Gasteiger partial charge >= 0.3 is 0 Å². The predicted octanol–water partition coefficient (Wildman–Crippen LogP) is 3.83. The highest BCUT2D eigenvalue weighted by molar-refractivity contribution is 9.10. The third-order valence-corrected chi connectivity index (χ3v) is 2.48. The average molecular weight is 266 g/mol. The molecule has 0 unspecified atom stereocenters. The lowest BCUT2D eigenvalue weighted by molar-refractivity contribution is 0.0988.